The third-order valence-corrected chi connectivity index (χ3v) is 4.36. The summed E-state index contributed by atoms with van der Waals surface area (Å²) in [6.07, 6.45) is 4.91. The Morgan fingerprint density at radius 2 is 2.21 bits per heavy atom. The van der Waals surface area contributed by atoms with Gasteiger partial charge in [0.15, 0.2) is 0 Å². The predicted octanol–water partition coefficient (Wildman–Crippen LogP) is 4.22. The van der Waals surface area contributed by atoms with Gasteiger partial charge in [0.05, 0.1) is 12.1 Å². The van der Waals surface area contributed by atoms with Crippen molar-refractivity contribution in [2.45, 2.75) is 39.0 Å². The first kappa shape index (κ1) is 14.6. The van der Waals surface area contributed by atoms with Crippen LogP contribution < -0.4 is 4.90 Å². The van der Waals surface area contributed by atoms with E-state index in [0.717, 1.165) is 36.3 Å². The highest BCUT2D eigenvalue weighted by Gasteiger charge is 2.21. The fourth-order valence-corrected chi connectivity index (χ4v) is 3.05. The molecule has 1 aromatic heterocycles. The summed E-state index contributed by atoms with van der Waals surface area (Å²) < 4.78 is 13.2. The van der Waals surface area contributed by atoms with E-state index in [-0.39, 0.29) is 5.82 Å². The van der Waals surface area contributed by atoms with Crippen LogP contribution >= 0.6 is 11.6 Å². The third-order valence-electron chi connectivity index (χ3n) is 4.07. The SMILES string of the molecule is CC(C)C1CCCN(c2ncc(F)cc2CCl)CC1. The molecule has 106 valence electrons. The van der Waals surface area contributed by atoms with Gasteiger partial charge in [-0.05, 0) is 37.2 Å². The highest BCUT2D eigenvalue weighted by molar-refractivity contribution is 6.17. The summed E-state index contributed by atoms with van der Waals surface area (Å²) in [5.41, 5.74) is 0.796. The summed E-state index contributed by atoms with van der Waals surface area (Å²) >= 11 is 5.91. The van der Waals surface area contributed by atoms with E-state index in [2.05, 4.69) is 23.7 Å². The first-order valence-electron chi connectivity index (χ1n) is 7.07. The number of hydrogen-bond donors (Lipinski definition) is 0. The molecule has 1 saturated heterocycles. The van der Waals surface area contributed by atoms with Gasteiger partial charge < -0.3 is 4.90 Å². The normalized spacial score (nSPS) is 20.7. The Bertz CT molecular complexity index is 423. The second kappa shape index (κ2) is 6.56. The van der Waals surface area contributed by atoms with Crippen molar-refractivity contribution >= 4 is 17.4 Å². The van der Waals surface area contributed by atoms with Crippen molar-refractivity contribution in [2.24, 2.45) is 11.8 Å². The quantitative estimate of drug-likeness (QED) is 0.773. The van der Waals surface area contributed by atoms with Crippen molar-refractivity contribution in [2.75, 3.05) is 18.0 Å². The molecule has 2 rings (SSSR count). The minimum absolute atomic E-state index is 0.310. The smallest absolute Gasteiger partial charge is 0.141 e. The molecule has 0 bridgehead atoms. The molecule has 19 heavy (non-hydrogen) atoms. The molecular weight excluding hydrogens is 263 g/mol. The largest absolute Gasteiger partial charge is 0.356 e. The minimum Gasteiger partial charge on any atom is -0.356 e. The number of pyridine rings is 1. The van der Waals surface area contributed by atoms with Gasteiger partial charge in [0.25, 0.3) is 0 Å². The Kier molecular flexibility index (Phi) is 5.03. The summed E-state index contributed by atoms with van der Waals surface area (Å²) in [6, 6.07) is 1.50. The Morgan fingerprint density at radius 1 is 1.42 bits per heavy atom. The lowest BCUT2D eigenvalue weighted by molar-refractivity contribution is 0.351. The average Bonchev–Trinajstić information content (AvgIpc) is 2.64. The molecule has 1 aliphatic rings. The zero-order valence-electron chi connectivity index (χ0n) is 11.7. The van der Waals surface area contributed by atoms with Crippen LogP contribution in [0, 0.1) is 17.7 Å². The second-order valence-corrected chi connectivity index (χ2v) is 5.96. The Balaban J connectivity index is 2.14. The molecule has 1 fully saturated rings. The van der Waals surface area contributed by atoms with E-state index < -0.39 is 0 Å². The molecule has 0 radical (unpaired) electrons. The number of aromatic nitrogens is 1. The number of nitrogens with zero attached hydrogens (tertiary/aromatic N) is 2. The van der Waals surface area contributed by atoms with E-state index in [1.165, 1.54) is 31.5 Å². The lowest BCUT2D eigenvalue weighted by Gasteiger charge is -2.24. The van der Waals surface area contributed by atoms with Gasteiger partial charge in [0.2, 0.25) is 0 Å². The summed E-state index contributed by atoms with van der Waals surface area (Å²) in [5.74, 6) is 2.37. The maximum absolute atomic E-state index is 13.2. The minimum atomic E-state index is -0.311. The number of rotatable bonds is 3. The van der Waals surface area contributed by atoms with Crippen molar-refractivity contribution in [1.82, 2.24) is 4.98 Å². The van der Waals surface area contributed by atoms with Crippen LogP contribution in [0.1, 0.15) is 38.7 Å². The van der Waals surface area contributed by atoms with Gasteiger partial charge in [-0.15, -0.1) is 11.6 Å². The molecule has 1 atom stereocenters. The third kappa shape index (κ3) is 3.59. The highest BCUT2D eigenvalue weighted by atomic mass is 35.5. The van der Waals surface area contributed by atoms with Crippen LogP contribution in [0.25, 0.3) is 0 Å². The number of hydrogen-bond acceptors (Lipinski definition) is 2. The number of alkyl halides is 1. The molecule has 1 aromatic rings. The van der Waals surface area contributed by atoms with Gasteiger partial charge in [-0.2, -0.15) is 0 Å². The van der Waals surface area contributed by atoms with Gasteiger partial charge in [-0.25, -0.2) is 9.37 Å². The van der Waals surface area contributed by atoms with Crippen LogP contribution in [0.3, 0.4) is 0 Å². The van der Waals surface area contributed by atoms with Crippen LogP contribution in [0.15, 0.2) is 12.3 Å². The standard InChI is InChI=1S/C15H22ClFN2/c1-11(2)12-4-3-6-19(7-5-12)15-13(9-16)8-14(17)10-18-15/h8,10-12H,3-7,9H2,1-2H3. The number of halogens is 2. The van der Waals surface area contributed by atoms with Gasteiger partial charge in [0.1, 0.15) is 11.6 Å². The summed E-state index contributed by atoms with van der Waals surface area (Å²) in [6.45, 7) is 6.57. The Hall–Kier alpha value is -0.830. The van der Waals surface area contributed by atoms with E-state index in [9.17, 15) is 4.39 Å². The molecule has 2 heterocycles. The molecule has 0 amide bonds. The Morgan fingerprint density at radius 3 is 2.89 bits per heavy atom. The van der Waals surface area contributed by atoms with Gasteiger partial charge in [-0.3, -0.25) is 0 Å². The molecular formula is C15H22ClFN2. The van der Waals surface area contributed by atoms with Crippen LogP contribution in [0.2, 0.25) is 0 Å². The summed E-state index contributed by atoms with van der Waals surface area (Å²) in [7, 11) is 0. The molecule has 0 saturated carbocycles. The maximum atomic E-state index is 13.2. The fourth-order valence-electron chi connectivity index (χ4n) is 2.86. The van der Waals surface area contributed by atoms with Gasteiger partial charge >= 0.3 is 0 Å². The van der Waals surface area contributed by atoms with Gasteiger partial charge in [-0.1, -0.05) is 13.8 Å². The Labute approximate surface area is 120 Å². The highest BCUT2D eigenvalue weighted by Crippen LogP contribution is 2.28. The van der Waals surface area contributed by atoms with E-state index in [1.807, 2.05) is 0 Å². The van der Waals surface area contributed by atoms with Crippen molar-refractivity contribution in [3.8, 4) is 0 Å². The zero-order valence-corrected chi connectivity index (χ0v) is 12.5. The van der Waals surface area contributed by atoms with E-state index in [4.69, 9.17) is 11.6 Å². The molecule has 0 aliphatic carbocycles. The molecule has 1 aliphatic heterocycles. The first-order chi connectivity index (χ1) is 9.11. The number of anilines is 1. The summed E-state index contributed by atoms with van der Waals surface area (Å²) in [5, 5.41) is 0. The fraction of sp³-hybridized carbons (Fsp3) is 0.667. The predicted molar refractivity (Wildman–Crippen MR) is 78.1 cm³/mol. The van der Waals surface area contributed by atoms with Crippen LogP contribution in [0.5, 0.6) is 0 Å². The molecule has 0 aromatic carbocycles. The molecule has 4 heteroatoms. The monoisotopic (exact) mass is 284 g/mol. The lowest BCUT2D eigenvalue weighted by Crippen LogP contribution is -2.26. The van der Waals surface area contributed by atoms with Crippen LogP contribution in [0.4, 0.5) is 10.2 Å². The van der Waals surface area contributed by atoms with Crippen molar-refractivity contribution < 1.29 is 4.39 Å². The molecule has 0 spiro atoms. The van der Waals surface area contributed by atoms with Crippen molar-refractivity contribution in [3.63, 3.8) is 0 Å². The zero-order chi connectivity index (χ0) is 13.8. The summed E-state index contributed by atoms with van der Waals surface area (Å²) in [4.78, 5) is 6.51. The second-order valence-electron chi connectivity index (χ2n) is 5.69. The van der Waals surface area contributed by atoms with Crippen molar-refractivity contribution in [1.29, 1.82) is 0 Å². The maximum Gasteiger partial charge on any atom is 0.141 e. The van der Waals surface area contributed by atoms with E-state index in [0.29, 0.717) is 5.88 Å². The van der Waals surface area contributed by atoms with Gasteiger partial charge in [0, 0.05) is 18.7 Å². The average molecular weight is 285 g/mol. The topological polar surface area (TPSA) is 16.1 Å². The van der Waals surface area contributed by atoms with Crippen LogP contribution in [-0.2, 0) is 5.88 Å². The molecule has 2 nitrogen and oxygen atoms in total. The van der Waals surface area contributed by atoms with Crippen molar-refractivity contribution in [3.05, 3.63) is 23.6 Å². The van der Waals surface area contributed by atoms with Crippen LogP contribution in [-0.4, -0.2) is 18.1 Å². The molecule has 1 unspecified atom stereocenters. The first-order valence-corrected chi connectivity index (χ1v) is 7.60. The molecule has 0 N–H and O–H groups in total. The van der Waals surface area contributed by atoms with E-state index >= 15 is 0 Å². The van der Waals surface area contributed by atoms with E-state index in [1.54, 1.807) is 0 Å². The lowest BCUT2D eigenvalue weighted by atomic mass is 9.89.